The van der Waals surface area contributed by atoms with E-state index in [4.69, 9.17) is 4.74 Å². The number of ether oxygens (including phenoxy) is 1. The molecule has 1 unspecified atom stereocenters. The summed E-state index contributed by atoms with van der Waals surface area (Å²) in [5, 5.41) is 13.5. The maximum Gasteiger partial charge on any atom is 0.332 e. The predicted molar refractivity (Wildman–Crippen MR) is 107 cm³/mol. The summed E-state index contributed by atoms with van der Waals surface area (Å²) in [5.74, 6) is 0.349. The van der Waals surface area contributed by atoms with Crippen LogP contribution in [0, 0.1) is 0 Å². The van der Waals surface area contributed by atoms with Gasteiger partial charge < -0.3 is 19.7 Å². The largest absolute Gasteiger partial charge is 0.389 e. The van der Waals surface area contributed by atoms with Gasteiger partial charge in [0.25, 0.3) is 5.56 Å². The summed E-state index contributed by atoms with van der Waals surface area (Å²) in [5.41, 5.74) is 0.281. The van der Waals surface area contributed by atoms with Crippen molar-refractivity contribution in [2.24, 2.45) is 14.1 Å². The van der Waals surface area contributed by atoms with Crippen LogP contribution >= 0.6 is 0 Å². The van der Waals surface area contributed by atoms with Gasteiger partial charge in [0, 0.05) is 19.8 Å². The lowest BCUT2D eigenvalue weighted by atomic mass is 10.3. The van der Waals surface area contributed by atoms with Crippen molar-refractivity contribution in [3.05, 3.63) is 63.8 Å². The average Bonchev–Trinajstić information content (AvgIpc) is 3.03. The number of hydrogen-bond donors (Lipinski definition) is 2. The number of benzene rings is 1. The van der Waals surface area contributed by atoms with E-state index in [1.807, 2.05) is 30.3 Å². The Morgan fingerprint density at radius 2 is 1.96 bits per heavy atom. The molecule has 0 saturated heterocycles. The molecular weight excluding hydrogens is 362 g/mol. The highest BCUT2D eigenvalue weighted by Gasteiger charge is 2.21. The summed E-state index contributed by atoms with van der Waals surface area (Å²) in [4.78, 5) is 29.5. The zero-order valence-electron chi connectivity index (χ0n) is 15.8. The van der Waals surface area contributed by atoms with Crippen molar-refractivity contribution in [2.45, 2.75) is 12.6 Å². The van der Waals surface area contributed by atoms with Crippen molar-refractivity contribution in [1.29, 1.82) is 0 Å². The van der Waals surface area contributed by atoms with E-state index in [1.54, 1.807) is 17.7 Å². The van der Waals surface area contributed by atoms with Gasteiger partial charge in [0.1, 0.15) is 0 Å². The number of anilines is 2. The number of aliphatic hydroxyl groups is 1. The smallest absolute Gasteiger partial charge is 0.332 e. The van der Waals surface area contributed by atoms with E-state index in [1.165, 1.54) is 11.6 Å². The maximum atomic E-state index is 12.8. The van der Waals surface area contributed by atoms with Crippen LogP contribution in [-0.2, 0) is 25.4 Å². The van der Waals surface area contributed by atoms with E-state index in [9.17, 15) is 14.7 Å². The monoisotopic (exact) mass is 385 g/mol. The van der Waals surface area contributed by atoms with Gasteiger partial charge in [-0.3, -0.25) is 13.9 Å². The van der Waals surface area contributed by atoms with E-state index in [0.717, 1.165) is 10.3 Å². The van der Waals surface area contributed by atoms with Crippen LogP contribution in [0.3, 0.4) is 0 Å². The predicted octanol–water partition coefficient (Wildman–Crippen LogP) is 0.741. The lowest BCUT2D eigenvalue weighted by Crippen LogP contribution is -2.38. The van der Waals surface area contributed by atoms with Crippen molar-refractivity contribution in [3.8, 4) is 0 Å². The third kappa shape index (κ3) is 3.75. The highest BCUT2D eigenvalue weighted by molar-refractivity contribution is 5.75. The maximum absolute atomic E-state index is 12.8. The fourth-order valence-corrected chi connectivity index (χ4v) is 2.92. The molecule has 2 heterocycles. The lowest BCUT2D eigenvalue weighted by Gasteiger charge is -2.15. The first-order valence-corrected chi connectivity index (χ1v) is 8.79. The molecule has 0 spiro atoms. The van der Waals surface area contributed by atoms with E-state index in [2.05, 4.69) is 16.9 Å². The molecule has 0 aliphatic carbocycles. The van der Waals surface area contributed by atoms with Crippen LogP contribution in [0.1, 0.15) is 0 Å². The number of para-hydroxylation sites is 1. The zero-order valence-corrected chi connectivity index (χ0v) is 15.8. The van der Waals surface area contributed by atoms with Crippen molar-refractivity contribution in [2.75, 3.05) is 18.5 Å². The molecule has 3 aromatic rings. The molecular formula is C19H23N5O4. The van der Waals surface area contributed by atoms with E-state index < -0.39 is 17.4 Å². The second kappa shape index (κ2) is 8.24. The molecule has 0 amide bonds. The quantitative estimate of drug-likeness (QED) is 0.438. The van der Waals surface area contributed by atoms with Crippen LogP contribution in [0.4, 0.5) is 11.6 Å². The van der Waals surface area contributed by atoms with E-state index in [-0.39, 0.29) is 24.3 Å². The minimum atomic E-state index is -0.879. The van der Waals surface area contributed by atoms with Gasteiger partial charge in [-0.25, -0.2) is 4.79 Å². The molecule has 0 saturated carbocycles. The lowest BCUT2D eigenvalue weighted by molar-refractivity contribution is 0.0405. The number of rotatable bonds is 8. The number of nitrogens with zero attached hydrogens (tertiary/aromatic N) is 4. The number of hydrogen-bond acceptors (Lipinski definition) is 6. The molecule has 3 rings (SSSR count). The molecule has 1 atom stereocenters. The topological polar surface area (TPSA) is 103 Å². The molecule has 148 valence electrons. The molecule has 2 aromatic heterocycles. The van der Waals surface area contributed by atoms with Crippen LogP contribution in [0.5, 0.6) is 0 Å². The van der Waals surface area contributed by atoms with Crippen LogP contribution in [0.2, 0.25) is 0 Å². The van der Waals surface area contributed by atoms with E-state index >= 15 is 0 Å². The van der Waals surface area contributed by atoms with Gasteiger partial charge in [-0.05, 0) is 12.1 Å². The molecule has 9 heteroatoms. The first-order valence-electron chi connectivity index (χ1n) is 8.79. The molecule has 28 heavy (non-hydrogen) atoms. The summed E-state index contributed by atoms with van der Waals surface area (Å²) >= 11 is 0. The summed E-state index contributed by atoms with van der Waals surface area (Å²) in [7, 11) is 2.97. The number of aryl methyl sites for hydroxylation is 1. The molecule has 0 fully saturated rings. The SMILES string of the molecule is C=CCOCC(O)Cn1c(Nc2ccccc2)nc2c1c(=O)n(C)c(=O)n2C. The second-order valence-corrected chi connectivity index (χ2v) is 6.39. The Bertz CT molecular complexity index is 1100. The van der Waals surface area contributed by atoms with Gasteiger partial charge in [-0.1, -0.05) is 24.3 Å². The van der Waals surface area contributed by atoms with Crippen LogP contribution in [-0.4, -0.2) is 43.1 Å². The van der Waals surface area contributed by atoms with Crippen LogP contribution in [0.25, 0.3) is 11.2 Å². The van der Waals surface area contributed by atoms with Gasteiger partial charge in [-0.2, -0.15) is 4.98 Å². The molecule has 0 bridgehead atoms. The first-order chi connectivity index (χ1) is 13.4. The van der Waals surface area contributed by atoms with Gasteiger partial charge in [0.2, 0.25) is 5.95 Å². The third-order valence-electron chi connectivity index (χ3n) is 4.32. The molecule has 9 nitrogen and oxygen atoms in total. The third-order valence-corrected chi connectivity index (χ3v) is 4.32. The van der Waals surface area contributed by atoms with Gasteiger partial charge in [0.15, 0.2) is 11.2 Å². The van der Waals surface area contributed by atoms with Gasteiger partial charge in [0.05, 0.1) is 25.9 Å². The van der Waals surface area contributed by atoms with Crippen LogP contribution < -0.4 is 16.6 Å². The Balaban J connectivity index is 2.11. The van der Waals surface area contributed by atoms with Gasteiger partial charge in [-0.15, -0.1) is 6.58 Å². The fraction of sp³-hybridized carbons (Fsp3) is 0.316. The highest BCUT2D eigenvalue weighted by Crippen LogP contribution is 2.20. The number of imidazole rings is 1. The number of aromatic nitrogens is 4. The molecule has 0 aliphatic heterocycles. The summed E-state index contributed by atoms with van der Waals surface area (Å²) in [6, 6.07) is 9.31. The molecule has 2 N–H and O–H groups in total. The number of fused-ring (bicyclic) bond motifs is 1. The van der Waals surface area contributed by atoms with Crippen LogP contribution in [0.15, 0.2) is 52.6 Å². The normalized spacial score (nSPS) is 12.2. The van der Waals surface area contributed by atoms with Crippen molar-refractivity contribution < 1.29 is 9.84 Å². The Labute approximate surface area is 161 Å². The Morgan fingerprint density at radius 1 is 1.25 bits per heavy atom. The molecule has 0 radical (unpaired) electrons. The molecule has 1 aromatic carbocycles. The van der Waals surface area contributed by atoms with Crippen molar-refractivity contribution in [3.63, 3.8) is 0 Å². The first kappa shape index (κ1) is 19.6. The zero-order chi connectivity index (χ0) is 20.3. The summed E-state index contributed by atoms with van der Waals surface area (Å²) in [6.45, 7) is 4.02. The standard InChI is InChI=1S/C19H23N5O4/c1-4-10-28-12-14(25)11-24-15-16(22(2)19(27)23(3)17(15)26)21-18(24)20-13-8-6-5-7-9-13/h4-9,14,25H,1,10-12H2,2-3H3,(H,20,21). The minimum Gasteiger partial charge on any atom is -0.389 e. The van der Waals surface area contributed by atoms with Crippen molar-refractivity contribution in [1.82, 2.24) is 18.7 Å². The summed E-state index contributed by atoms with van der Waals surface area (Å²) < 4.78 is 9.21. The van der Waals surface area contributed by atoms with E-state index in [0.29, 0.717) is 12.6 Å². The van der Waals surface area contributed by atoms with Gasteiger partial charge >= 0.3 is 5.69 Å². The summed E-state index contributed by atoms with van der Waals surface area (Å²) in [6.07, 6.45) is 0.711. The Kier molecular flexibility index (Phi) is 5.76. The molecule has 0 aliphatic rings. The fourth-order valence-electron chi connectivity index (χ4n) is 2.92. The number of nitrogens with one attached hydrogen (secondary N) is 1. The average molecular weight is 385 g/mol. The van der Waals surface area contributed by atoms with Crippen molar-refractivity contribution >= 4 is 22.8 Å². The highest BCUT2D eigenvalue weighted by atomic mass is 16.5. The minimum absolute atomic E-state index is 0.0657. The Hall–Kier alpha value is -3.17. The Morgan fingerprint density at radius 3 is 2.64 bits per heavy atom. The number of aliphatic hydroxyl groups excluding tert-OH is 1. The second-order valence-electron chi connectivity index (χ2n) is 6.39.